The van der Waals surface area contributed by atoms with Gasteiger partial charge < -0.3 is 11.1 Å². The number of amides is 1. The summed E-state index contributed by atoms with van der Waals surface area (Å²) in [6.45, 7) is 1.43. The van der Waals surface area contributed by atoms with E-state index in [1.165, 1.54) is 4.88 Å². The van der Waals surface area contributed by atoms with Gasteiger partial charge in [-0.05, 0) is 53.2 Å². The number of rotatable bonds is 6. The quantitative estimate of drug-likeness (QED) is 0.846. The number of aryl methyl sites for hydroxylation is 1. The Balaban J connectivity index is 1.67. The van der Waals surface area contributed by atoms with E-state index in [1.807, 2.05) is 5.38 Å². The number of carbonyl (C=O) groups excluding carboxylic acids is 1. The Morgan fingerprint density at radius 2 is 2.35 bits per heavy atom. The van der Waals surface area contributed by atoms with Gasteiger partial charge in [-0.1, -0.05) is 0 Å². The van der Waals surface area contributed by atoms with Crippen molar-refractivity contribution in [3.05, 3.63) is 20.8 Å². The second-order valence-electron chi connectivity index (χ2n) is 4.71. The van der Waals surface area contributed by atoms with Crippen LogP contribution in [-0.4, -0.2) is 19.0 Å². The number of carbonyl (C=O) groups is 1. The van der Waals surface area contributed by atoms with Crippen molar-refractivity contribution in [1.29, 1.82) is 0 Å². The third-order valence-electron chi connectivity index (χ3n) is 3.27. The molecular formula is C12H17BrN2OS. The predicted molar refractivity (Wildman–Crippen MR) is 74.1 cm³/mol. The molecular weight excluding hydrogens is 300 g/mol. The zero-order chi connectivity index (χ0) is 12.3. The molecule has 0 saturated heterocycles. The van der Waals surface area contributed by atoms with Crippen LogP contribution in [0.15, 0.2) is 15.9 Å². The molecule has 1 amide bonds. The molecule has 1 fully saturated rings. The molecule has 0 aromatic carbocycles. The van der Waals surface area contributed by atoms with Gasteiger partial charge in [-0.3, -0.25) is 4.79 Å². The molecule has 1 aliphatic rings. The van der Waals surface area contributed by atoms with Crippen molar-refractivity contribution in [2.24, 2.45) is 11.1 Å². The average Bonchev–Trinajstić information content (AvgIpc) is 3.00. The van der Waals surface area contributed by atoms with Gasteiger partial charge in [-0.2, -0.15) is 0 Å². The maximum Gasteiger partial charge on any atom is 0.220 e. The number of thiophene rings is 1. The molecule has 2 rings (SSSR count). The largest absolute Gasteiger partial charge is 0.355 e. The lowest BCUT2D eigenvalue weighted by atomic mass is 10.1. The summed E-state index contributed by atoms with van der Waals surface area (Å²) < 4.78 is 1.10. The van der Waals surface area contributed by atoms with Crippen molar-refractivity contribution in [2.45, 2.75) is 25.7 Å². The van der Waals surface area contributed by atoms with Crippen LogP contribution in [0.4, 0.5) is 0 Å². The molecule has 0 unspecified atom stereocenters. The SMILES string of the molecule is NCC1(CNC(=O)CCc2cc(Br)cs2)CC1. The Hall–Kier alpha value is -0.390. The summed E-state index contributed by atoms with van der Waals surface area (Å²) in [5.41, 5.74) is 5.89. The van der Waals surface area contributed by atoms with Crippen LogP contribution in [0.3, 0.4) is 0 Å². The van der Waals surface area contributed by atoms with E-state index in [-0.39, 0.29) is 11.3 Å². The van der Waals surface area contributed by atoms with E-state index in [9.17, 15) is 4.79 Å². The average molecular weight is 317 g/mol. The standard InChI is InChI=1S/C12H17BrN2OS/c13-9-5-10(17-6-9)1-2-11(16)15-8-12(7-14)3-4-12/h5-6H,1-4,7-8,14H2,(H,15,16). The van der Waals surface area contributed by atoms with Crippen molar-refractivity contribution in [3.8, 4) is 0 Å². The number of hydrogen-bond donors (Lipinski definition) is 2. The Kier molecular flexibility index (Phi) is 4.22. The highest BCUT2D eigenvalue weighted by molar-refractivity contribution is 9.10. The van der Waals surface area contributed by atoms with Gasteiger partial charge >= 0.3 is 0 Å². The minimum absolute atomic E-state index is 0.134. The van der Waals surface area contributed by atoms with Crippen LogP contribution in [-0.2, 0) is 11.2 Å². The third-order valence-corrected chi connectivity index (χ3v) is 5.03. The fourth-order valence-corrected chi connectivity index (χ4v) is 3.18. The van der Waals surface area contributed by atoms with Gasteiger partial charge in [0.1, 0.15) is 0 Å². The molecule has 3 nitrogen and oxygen atoms in total. The Bertz CT molecular complexity index is 401. The van der Waals surface area contributed by atoms with Crippen LogP contribution >= 0.6 is 27.3 Å². The van der Waals surface area contributed by atoms with Gasteiger partial charge in [0.05, 0.1) is 0 Å². The van der Waals surface area contributed by atoms with Crippen LogP contribution in [0.1, 0.15) is 24.1 Å². The second kappa shape index (κ2) is 5.50. The zero-order valence-electron chi connectivity index (χ0n) is 9.67. The molecule has 1 aromatic heterocycles. The molecule has 3 N–H and O–H groups in total. The second-order valence-corrected chi connectivity index (χ2v) is 6.62. The third kappa shape index (κ3) is 3.79. The summed E-state index contributed by atoms with van der Waals surface area (Å²) in [5.74, 6) is 0.134. The van der Waals surface area contributed by atoms with E-state index in [2.05, 4.69) is 27.3 Å². The fourth-order valence-electron chi connectivity index (χ4n) is 1.73. The molecule has 1 saturated carbocycles. The number of nitrogens with two attached hydrogens (primary N) is 1. The van der Waals surface area contributed by atoms with E-state index in [1.54, 1.807) is 11.3 Å². The molecule has 1 heterocycles. The molecule has 17 heavy (non-hydrogen) atoms. The predicted octanol–water partition coefficient (Wildman–Crippen LogP) is 2.30. The Morgan fingerprint density at radius 1 is 1.59 bits per heavy atom. The molecule has 5 heteroatoms. The van der Waals surface area contributed by atoms with Crippen LogP contribution in [0.25, 0.3) is 0 Å². The van der Waals surface area contributed by atoms with Gasteiger partial charge in [0.2, 0.25) is 5.91 Å². The molecule has 94 valence electrons. The van der Waals surface area contributed by atoms with Crippen molar-refractivity contribution in [1.82, 2.24) is 5.32 Å². The van der Waals surface area contributed by atoms with Crippen molar-refractivity contribution in [2.75, 3.05) is 13.1 Å². The molecule has 1 aromatic rings. The van der Waals surface area contributed by atoms with Gasteiger partial charge in [0, 0.05) is 27.7 Å². The molecule has 1 aliphatic carbocycles. The monoisotopic (exact) mass is 316 g/mol. The van der Waals surface area contributed by atoms with Crippen LogP contribution in [0.2, 0.25) is 0 Å². The highest BCUT2D eigenvalue weighted by atomic mass is 79.9. The fraction of sp³-hybridized carbons (Fsp3) is 0.583. The summed E-state index contributed by atoms with van der Waals surface area (Å²) in [7, 11) is 0. The van der Waals surface area contributed by atoms with E-state index < -0.39 is 0 Å². The van der Waals surface area contributed by atoms with Crippen LogP contribution < -0.4 is 11.1 Å². The number of halogens is 1. The van der Waals surface area contributed by atoms with Crippen molar-refractivity contribution in [3.63, 3.8) is 0 Å². The minimum atomic E-state index is 0.134. The first kappa shape index (κ1) is 13.1. The first-order chi connectivity index (χ1) is 8.13. The van der Waals surface area contributed by atoms with E-state index in [0.29, 0.717) is 13.0 Å². The maximum absolute atomic E-state index is 11.7. The number of hydrogen-bond acceptors (Lipinski definition) is 3. The van der Waals surface area contributed by atoms with E-state index in [0.717, 1.165) is 30.3 Å². The van der Waals surface area contributed by atoms with Crippen LogP contribution in [0, 0.1) is 5.41 Å². The molecule has 0 atom stereocenters. The van der Waals surface area contributed by atoms with E-state index in [4.69, 9.17) is 5.73 Å². The van der Waals surface area contributed by atoms with E-state index >= 15 is 0 Å². The normalized spacial score (nSPS) is 16.8. The lowest BCUT2D eigenvalue weighted by molar-refractivity contribution is -0.121. The smallest absolute Gasteiger partial charge is 0.220 e. The highest BCUT2D eigenvalue weighted by Crippen LogP contribution is 2.43. The summed E-state index contributed by atoms with van der Waals surface area (Å²) in [4.78, 5) is 12.9. The summed E-state index contributed by atoms with van der Waals surface area (Å²) in [6, 6.07) is 2.07. The minimum Gasteiger partial charge on any atom is -0.355 e. The first-order valence-electron chi connectivity index (χ1n) is 5.83. The van der Waals surface area contributed by atoms with Gasteiger partial charge in [0.15, 0.2) is 0 Å². The van der Waals surface area contributed by atoms with Crippen LogP contribution in [0.5, 0.6) is 0 Å². The lowest BCUT2D eigenvalue weighted by Crippen LogP contribution is -2.33. The molecule has 0 aliphatic heterocycles. The molecule has 0 radical (unpaired) electrons. The van der Waals surface area contributed by atoms with Crippen molar-refractivity contribution >= 4 is 33.2 Å². The zero-order valence-corrected chi connectivity index (χ0v) is 12.1. The summed E-state index contributed by atoms with van der Waals surface area (Å²) >= 11 is 5.09. The molecule has 0 bridgehead atoms. The summed E-state index contributed by atoms with van der Waals surface area (Å²) in [5, 5.41) is 5.03. The highest BCUT2D eigenvalue weighted by Gasteiger charge is 2.41. The Labute approximate surface area is 114 Å². The topological polar surface area (TPSA) is 55.1 Å². The van der Waals surface area contributed by atoms with Gasteiger partial charge in [-0.25, -0.2) is 0 Å². The lowest BCUT2D eigenvalue weighted by Gasteiger charge is -2.12. The maximum atomic E-state index is 11.7. The van der Waals surface area contributed by atoms with Gasteiger partial charge in [-0.15, -0.1) is 11.3 Å². The number of nitrogens with one attached hydrogen (secondary N) is 1. The summed E-state index contributed by atoms with van der Waals surface area (Å²) in [6.07, 6.45) is 3.69. The van der Waals surface area contributed by atoms with Gasteiger partial charge in [0.25, 0.3) is 0 Å². The first-order valence-corrected chi connectivity index (χ1v) is 7.50. The Morgan fingerprint density at radius 3 is 2.88 bits per heavy atom. The van der Waals surface area contributed by atoms with Crippen molar-refractivity contribution < 1.29 is 4.79 Å². The molecule has 0 spiro atoms.